The van der Waals surface area contributed by atoms with Crippen LogP contribution in [-0.4, -0.2) is 41.5 Å². The van der Waals surface area contributed by atoms with Gasteiger partial charge >= 0.3 is 0 Å². The monoisotopic (exact) mass is 487 g/mol. The van der Waals surface area contributed by atoms with E-state index < -0.39 is 0 Å². The highest BCUT2D eigenvalue weighted by atomic mass is 32.1. The van der Waals surface area contributed by atoms with Gasteiger partial charge in [-0.2, -0.15) is 0 Å². The average Bonchev–Trinajstić information content (AvgIpc) is 2.90. The van der Waals surface area contributed by atoms with Crippen LogP contribution in [0.15, 0.2) is 78.9 Å². The summed E-state index contributed by atoms with van der Waals surface area (Å²) in [5.41, 5.74) is 2.94. The Labute approximate surface area is 211 Å². The lowest BCUT2D eigenvalue weighted by Gasteiger charge is -2.26. The van der Waals surface area contributed by atoms with E-state index >= 15 is 0 Å². The number of nitrogens with one attached hydrogen (secondary N) is 2. The minimum Gasteiger partial charge on any atom is -0.493 e. The highest BCUT2D eigenvalue weighted by molar-refractivity contribution is 7.80. The molecule has 1 aliphatic heterocycles. The molecule has 0 saturated carbocycles. The molecule has 0 aliphatic carbocycles. The molecule has 2 N–H and O–H groups in total. The summed E-state index contributed by atoms with van der Waals surface area (Å²) in [6.45, 7) is 2.15. The predicted octanol–water partition coefficient (Wildman–Crippen LogP) is 5.06. The van der Waals surface area contributed by atoms with Gasteiger partial charge in [0, 0.05) is 36.3 Å². The van der Waals surface area contributed by atoms with Crippen molar-refractivity contribution in [3.63, 3.8) is 0 Å². The first-order valence-electron chi connectivity index (χ1n) is 11.9. The summed E-state index contributed by atoms with van der Waals surface area (Å²) in [5, 5.41) is 5.85. The van der Waals surface area contributed by atoms with Crippen molar-refractivity contribution in [1.82, 2.24) is 10.2 Å². The van der Waals surface area contributed by atoms with E-state index in [4.69, 9.17) is 17.0 Å². The van der Waals surface area contributed by atoms with E-state index in [1.54, 1.807) is 42.5 Å². The normalized spacial score (nSPS) is 13.1. The highest BCUT2D eigenvalue weighted by Gasteiger charge is 2.18. The predicted molar refractivity (Wildman–Crippen MR) is 142 cm³/mol. The lowest BCUT2D eigenvalue weighted by Crippen LogP contribution is -2.36. The van der Waals surface area contributed by atoms with Gasteiger partial charge < -0.3 is 15.0 Å². The Hall–Kier alpha value is -3.71. The molecule has 3 aromatic carbocycles. The van der Waals surface area contributed by atoms with E-state index in [0.29, 0.717) is 29.2 Å². The van der Waals surface area contributed by atoms with Crippen LogP contribution in [-0.2, 0) is 6.42 Å². The quantitative estimate of drug-likeness (QED) is 0.456. The molecule has 1 heterocycles. The van der Waals surface area contributed by atoms with Crippen LogP contribution in [0.25, 0.3) is 0 Å². The van der Waals surface area contributed by atoms with E-state index in [1.165, 1.54) is 12.0 Å². The number of anilines is 1. The molecule has 0 atom stereocenters. The van der Waals surface area contributed by atoms with Gasteiger partial charge in [0.15, 0.2) is 5.11 Å². The second-order valence-electron chi connectivity index (χ2n) is 8.45. The summed E-state index contributed by atoms with van der Waals surface area (Å²) < 4.78 is 5.78. The first kappa shape index (κ1) is 24.4. The fourth-order valence-electron chi connectivity index (χ4n) is 3.98. The van der Waals surface area contributed by atoms with Crippen LogP contribution in [0.1, 0.15) is 45.5 Å². The minimum absolute atomic E-state index is 0.0226. The molecular weight excluding hydrogens is 458 g/mol. The Morgan fingerprint density at radius 2 is 1.60 bits per heavy atom. The fourth-order valence-corrected chi connectivity index (χ4v) is 4.19. The van der Waals surface area contributed by atoms with Gasteiger partial charge in [-0.1, -0.05) is 36.4 Å². The number of amides is 2. The molecule has 1 saturated heterocycles. The molecule has 0 radical (unpaired) electrons. The lowest BCUT2D eigenvalue weighted by atomic mass is 10.1. The summed E-state index contributed by atoms with van der Waals surface area (Å²) in [5.74, 6) is 0.404. The van der Waals surface area contributed by atoms with Crippen molar-refractivity contribution in [3.05, 3.63) is 95.6 Å². The van der Waals surface area contributed by atoms with Crippen molar-refractivity contribution in [2.75, 3.05) is 25.0 Å². The molecular formula is C28H29N3O3S. The molecule has 7 heteroatoms. The maximum Gasteiger partial charge on any atom is 0.257 e. The number of likely N-dealkylation sites (tertiary alicyclic amines) is 1. The third-order valence-electron chi connectivity index (χ3n) is 5.86. The summed E-state index contributed by atoms with van der Waals surface area (Å²) in [6.07, 6.45) is 4.07. The molecule has 0 aromatic heterocycles. The third-order valence-corrected chi connectivity index (χ3v) is 6.06. The molecule has 35 heavy (non-hydrogen) atoms. The Morgan fingerprint density at radius 3 is 2.34 bits per heavy atom. The van der Waals surface area contributed by atoms with Gasteiger partial charge in [-0.3, -0.25) is 14.9 Å². The zero-order valence-corrected chi connectivity index (χ0v) is 20.4. The van der Waals surface area contributed by atoms with Crippen LogP contribution in [0.2, 0.25) is 0 Å². The van der Waals surface area contributed by atoms with Crippen molar-refractivity contribution in [2.45, 2.75) is 25.7 Å². The molecule has 1 aliphatic rings. The summed E-state index contributed by atoms with van der Waals surface area (Å²) >= 11 is 5.31. The second kappa shape index (κ2) is 12.1. The molecule has 0 unspecified atom stereocenters. The molecule has 180 valence electrons. The Morgan fingerprint density at radius 1 is 0.857 bits per heavy atom. The highest BCUT2D eigenvalue weighted by Crippen LogP contribution is 2.17. The molecule has 2 amide bonds. The molecule has 6 nitrogen and oxygen atoms in total. The smallest absolute Gasteiger partial charge is 0.257 e. The van der Waals surface area contributed by atoms with Crippen LogP contribution in [0, 0.1) is 0 Å². The van der Waals surface area contributed by atoms with E-state index in [-0.39, 0.29) is 16.9 Å². The summed E-state index contributed by atoms with van der Waals surface area (Å²) in [7, 11) is 0. The van der Waals surface area contributed by atoms with Crippen LogP contribution in [0.3, 0.4) is 0 Å². The van der Waals surface area contributed by atoms with Crippen LogP contribution < -0.4 is 15.4 Å². The van der Waals surface area contributed by atoms with Gasteiger partial charge in [-0.05, 0) is 79.5 Å². The number of nitrogens with zero attached hydrogens (tertiary/aromatic N) is 1. The average molecular weight is 488 g/mol. The number of hydrogen-bond acceptors (Lipinski definition) is 4. The molecule has 3 aromatic rings. The van der Waals surface area contributed by atoms with Gasteiger partial charge in [0.1, 0.15) is 5.75 Å². The second-order valence-corrected chi connectivity index (χ2v) is 8.86. The lowest BCUT2D eigenvalue weighted by molar-refractivity contribution is 0.0724. The van der Waals surface area contributed by atoms with Gasteiger partial charge in [-0.25, -0.2) is 0 Å². The topological polar surface area (TPSA) is 70.7 Å². The van der Waals surface area contributed by atoms with Crippen LogP contribution in [0.4, 0.5) is 5.69 Å². The number of piperidine rings is 1. The number of carbonyl (C=O) groups is 2. The third kappa shape index (κ3) is 7.13. The number of benzene rings is 3. The number of carbonyl (C=O) groups excluding carboxylic acids is 2. The Kier molecular flexibility index (Phi) is 8.46. The van der Waals surface area contributed by atoms with Crippen molar-refractivity contribution in [1.29, 1.82) is 0 Å². The van der Waals surface area contributed by atoms with E-state index in [0.717, 1.165) is 32.4 Å². The van der Waals surface area contributed by atoms with Crippen molar-refractivity contribution in [3.8, 4) is 5.75 Å². The summed E-state index contributed by atoms with van der Waals surface area (Å²) in [6, 6.07) is 24.3. The Balaban J connectivity index is 1.26. The standard InChI is InChI=1S/C28H29N3O3S/c32-26(22-12-14-25(15-13-22)34-19-16-21-8-3-1-4-9-21)30-28(35)29-24-11-7-10-23(20-24)27(33)31-17-5-2-6-18-31/h1,3-4,7-15,20H,2,5-6,16-19H2,(H2,29,30,32,35). The zero-order valence-electron chi connectivity index (χ0n) is 19.5. The maximum atomic E-state index is 12.8. The van der Waals surface area contributed by atoms with Crippen molar-refractivity contribution >= 4 is 34.8 Å². The Bertz CT molecular complexity index is 1160. The largest absolute Gasteiger partial charge is 0.493 e. The fraction of sp³-hybridized carbons (Fsp3) is 0.250. The first-order chi connectivity index (χ1) is 17.1. The first-order valence-corrected chi connectivity index (χ1v) is 12.3. The van der Waals surface area contributed by atoms with Crippen LogP contribution in [0.5, 0.6) is 5.75 Å². The number of thiocarbonyl (C=S) groups is 1. The molecule has 0 bridgehead atoms. The molecule has 0 spiro atoms. The van der Waals surface area contributed by atoms with Gasteiger partial charge in [-0.15, -0.1) is 0 Å². The van der Waals surface area contributed by atoms with E-state index in [9.17, 15) is 9.59 Å². The number of ether oxygens (including phenoxy) is 1. The van der Waals surface area contributed by atoms with Gasteiger partial charge in [0.2, 0.25) is 0 Å². The SMILES string of the molecule is O=C(NC(=S)Nc1cccc(C(=O)N2CCCCC2)c1)c1ccc(OCCc2ccccc2)cc1. The van der Waals surface area contributed by atoms with E-state index in [2.05, 4.69) is 22.8 Å². The zero-order chi connectivity index (χ0) is 24.5. The molecule has 1 fully saturated rings. The van der Waals surface area contributed by atoms with Crippen molar-refractivity contribution < 1.29 is 14.3 Å². The molecule has 4 rings (SSSR count). The minimum atomic E-state index is -0.320. The van der Waals surface area contributed by atoms with Crippen LogP contribution >= 0.6 is 12.2 Å². The summed E-state index contributed by atoms with van der Waals surface area (Å²) in [4.78, 5) is 27.2. The van der Waals surface area contributed by atoms with Gasteiger partial charge in [0.25, 0.3) is 11.8 Å². The maximum absolute atomic E-state index is 12.8. The van der Waals surface area contributed by atoms with E-state index in [1.807, 2.05) is 29.2 Å². The number of rotatable bonds is 7. The van der Waals surface area contributed by atoms with Crippen molar-refractivity contribution in [2.24, 2.45) is 0 Å². The van der Waals surface area contributed by atoms with Gasteiger partial charge in [0.05, 0.1) is 6.61 Å². The number of hydrogen-bond donors (Lipinski definition) is 2.